The number of aryl methyl sites for hydroxylation is 2. The highest BCUT2D eigenvalue weighted by atomic mass is 16.5. The molecule has 0 saturated carbocycles. The summed E-state index contributed by atoms with van der Waals surface area (Å²) >= 11 is 0. The van der Waals surface area contributed by atoms with Crippen LogP contribution in [-0.4, -0.2) is 84.9 Å². The second-order valence-corrected chi connectivity index (χ2v) is 7.07. The summed E-state index contributed by atoms with van der Waals surface area (Å²) in [6.07, 6.45) is 1.18. The number of hydrogen-bond donors (Lipinski definition) is 0. The van der Waals surface area contributed by atoms with Crippen LogP contribution < -0.4 is 0 Å². The van der Waals surface area contributed by atoms with Crippen molar-refractivity contribution in [2.75, 3.05) is 52.5 Å². The van der Waals surface area contributed by atoms with Gasteiger partial charge in [0.1, 0.15) is 0 Å². The lowest BCUT2D eigenvalue weighted by Crippen LogP contribution is -2.55. The Hall–Kier alpha value is -2.41. The number of carbonyl (C=O) groups is 3. The van der Waals surface area contributed by atoms with E-state index in [-0.39, 0.29) is 5.91 Å². The molecule has 0 radical (unpaired) electrons. The first-order valence-electron chi connectivity index (χ1n) is 9.54. The van der Waals surface area contributed by atoms with Gasteiger partial charge >= 0.3 is 11.8 Å². The van der Waals surface area contributed by atoms with Gasteiger partial charge in [-0.3, -0.25) is 14.4 Å². The van der Waals surface area contributed by atoms with Crippen LogP contribution >= 0.6 is 0 Å². The van der Waals surface area contributed by atoms with Gasteiger partial charge in [-0.1, -0.05) is 29.8 Å². The lowest BCUT2D eigenvalue weighted by atomic mass is 10.1. The van der Waals surface area contributed by atoms with E-state index in [0.29, 0.717) is 58.9 Å². The second kappa shape index (κ2) is 8.99. The van der Waals surface area contributed by atoms with Gasteiger partial charge in [0.05, 0.1) is 13.2 Å². The lowest BCUT2D eigenvalue weighted by Gasteiger charge is -2.36. The molecular formula is C20H27N3O4. The minimum Gasteiger partial charge on any atom is -0.378 e. The Balaban J connectivity index is 1.44. The van der Waals surface area contributed by atoms with Gasteiger partial charge < -0.3 is 19.4 Å². The van der Waals surface area contributed by atoms with Gasteiger partial charge in [-0.2, -0.15) is 0 Å². The van der Waals surface area contributed by atoms with Crippen LogP contribution in [0.4, 0.5) is 0 Å². The Kier molecular flexibility index (Phi) is 6.45. The van der Waals surface area contributed by atoms with Crippen LogP contribution in [0.2, 0.25) is 0 Å². The van der Waals surface area contributed by atoms with Crippen molar-refractivity contribution in [3.63, 3.8) is 0 Å². The Labute approximate surface area is 159 Å². The molecule has 0 aromatic heterocycles. The SMILES string of the molecule is Cc1cccc(CCC(=O)N2CCN(C(=O)C(=O)N3CCOCC3)CC2)c1. The Morgan fingerprint density at radius 2 is 1.48 bits per heavy atom. The third-order valence-electron chi connectivity index (χ3n) is 5.11. The number of morpholine rings is 1. The van der Waals surface area contributed by atoms with Gasteiger partial charge in [-0.05, 0) is 18.9 Å². The summed E-state index contributed by atoms with van der Waals surface area (Å²) in [4.78, 5) is 42.0. The molecule has 3 amide bonds. The van der Waals surface area contributed by atoms with Crippen LogP contribution in [0.15, 0.2) is 24.3 Å². The Morgan fingerprint density at radius 3 is 2.11 bits per heavy atom. The maximum atomic E-state index is 12.4. The minimum absolute atomic E-state index is 0.100. The van der Waals surface area contributed by atoms with E-state index in [2.05, 4.69) is 6.07 Å². The molecule has 0 N–H and O–H groups in total. The van der Waals surface area contributed by atoms with Crippen LogP contribution in [-0.2, 0) is 25.5 Å². The van der Waals surface area contributed by atoms with Crippen LogP contribution in [0, 0.1) is 6.92 Å². The maximum Gasteiger partial charge on any atom is 0.312 e. The Bertz CT molecular complexity index is 692. The van der Waals surface area contributed by atoms with Crippen molar-refractivity contribution in [3.8, 4) is 0 Å². The predicted octanol–water partition coefficient (Wildman–Crippen LogP) is 0.457. The van der Waals surface area contributed by atoms with E-state index in [1.807, 2.05) is 25.1 Å². The number of carbonyl (C=O) groups excluding carboxylic acids is 3. The van der Waals surface area contributed by atoms with E-state index in [4.69, 9.17) is 4.74 Å². The normalized spacial score (nSPS) is 17.7. The van der Waals surface area contributed by atoms with Gasteiger partial charge in [-0.25, -0.2) is 0 Å². The number of rotatable bonds is 3. The fraction of sp³-hybridized carbons (Fsp3) is 0.550. The second-order valence-electron chi connectivity index (χ2n) is 7.07. The van der Waals surface area contributed by atoms with E-state index in [1.54, 1.807) is 14.7 Å². The molecule has 2 fully saturated rings. The molecule has 2 aliphatic heterocycles. The molecule has 3 rings (SSSR count). The number of amides is 3. The average Bonchev–Trinajstić information content (AvgIpc) is 2.72. The largest absolute Gasteiger partial charge is 0.378 e. The molecule has 2 heterocycles. The van der Waals surface area contributed by atoms with Gasteiger partial charge in [-0.15, -0.1) is 0 Å². The van der Waals surface area contributed by atoms with Gasteiger partial charge in [0, 0.05) is 45.7 Å². The number of benzene rings is 1. The van der Waals surface area contributed by atoms with E-state index in [1.165, 1.54) is 5.56 Å². The van der Waals surface area contributed by atoms with Gasteiger partial charge in [0.25, 0.3) is 0 Å². The summed E-state index contributed by atoms with van der Waals surface area (Å²) < 4.78 is 5.21. The number of piperazine rings is 1. The smallest absolute Gasteiger partial charge is 0.312 e. The molecule has 7 nitrogen and oxygen atoms in total. The van der Waals surface area contributed by atoms with Crippen LogP contribution in [0.25, 0.3) is 0 Å². The summed E-state index contributed by atoms with van der Waals surface area (Å²) in [6.45, 7) is 5.69. The molecule has 1 aromatic rings. The van der Waals surface area contributed by atoms with Crippen molar-refractivity contribution in [1.82, 2.24) is 14.7 Å². The molecule has 0 spiro atoms. The summed E-state index contributed by atoms with van der Waals surface area (Å²) in [5.74, 6) is -0.829. The first-order chi connectivity index (χ1) is 13.0. The van der Waals surface area contributed by atoms with E-state index >= 15 is 0 Å². The molecule has 27 heavy (non-hydrogen) atoms. The molecule has 0 unspecified atom stereocenters. The monoisotopic (exact) mass is 373 g/mol. The molecule has 2 aliphatic rings. The molecule has 1 aromatic carbocycles. The van der Waals surface area contributed by atoms with Crippen molar-refractivity contribution >= 4 is 17.7 Å². The lowest BCUT2D eigenvalue weighted by molar-refractivity contribution is -0.155. The fourth-order valence-corrected chi connectivity index (χ4v) is 3.47. The Morgan fingerprint density at radius 1 is 0.889 bits per heavy atom. The van der Waals surface area contributed by atoms with Crippen molar-refractivity contribution < 1.29 is 19.1 Å². The third kappa shape index (κ3) is 5.07. The fourth-order valence-electron chi connectivity index (χ4n) is 3.47. The van der Waals surface area contributed by atoms with Crippen molar-refractivity contribution in [2.24, 2.45) is 0 Å². The van der Waals surface area contributed by atoms with E-state index < -0.39 is 11.8 Å². The zero-order valence-corrected chi connectivity index (χ0v) is 15.9. The van der Waals surface area contributed by atoms with Crippen molar-refractivity contribution in [3.05, 3.63) is 35.4 Å². The van der Waals surface area contributed by atoms with Crippen LogP contribution in [0.5, 0.6) is 0 Å². The molecule has 0 aliphatic carbocycles. The molecular weight excluding hydrogens is 346 g/mol. The van der Waals surface area contributed by atoms with E-state index in [0.717, 1.165) is 12.0 Å². The van der Waals surface area contributed by atoms with Gasteiger partial charge in [0.15, 0.2) is 0 Å². The number of hydrogen-bond acceptors (Lipinski definition) is 4. The first-order valence-corrected chi connectivity index (χ1v) is 9.54. The van der Waals surface area contributed by atoms with E-state index in [9.17, 15) is 14.4 Å². The number of ether oxygens (including phenoxy) is 1. The highest BCUT2D eigenvalue weighted by molar-refractivity contribution is 6.34. The summed E-state index contributed by atoms with van der Waals surface area (Å²) in [6, 6.07) is 8.18. The molecule has 7 heteroatoms. The predicted molar refractivity (Wildman–Crippen MR) is 100 cm³/mol. The highest BCUT2D eigenvalue weighted by Gasteiger charge is 2.31. The zero-order chi connectivity index (χ0) is 19.2. The quantitative estimate of drug-likeness (QED) is 0.722. The maximum absolute atomic E-state index is 12.4. The summed E-state index contributed by atoms with van der Waals surface area (Å²) in [7, 11) is 0. The highest BCUT2D eigenvalue weighted by Crippen LogP contribution is 2.11. The molecule has 2 saturated heterocycles. The van der Waals surface area contributed by atoms with Gasteiger partial charge in [0.2, 0.25) is 5.91 Å². The van der Waals surface area contributed by atoms with Crippen molar-refractivity contribution in [2.45, 2.75) is 19.8 Å². The first kappa shape index (κ1) is 19.4. The molecule has 0 atom stereocenters. The third-order valence-corrected chi connectivity index (χ3v) is 5.11. The zero-order valence-electron chi connectivity index (χ0n) is 15.9. The molecule has 0 bridgehead atoms. The van der Waals surface area contributed by atoms with Crippen LogP contribution in [0.1, 0.15) is 17.5 Å². The molecule has 146 valence electrons. The standard InChI is InChI=1S/C20H27N3O4/c1-16-3-2-4-17(15-16)5-6-18(24)21-7-9-22(10-8-21)19(25)20(26)23-11-13-27-14-12-23/h2-4,15H,5-14H2,1H3. The minimum atomic E-state index is -0.469. The summed E-state index contributed by atoms with van der Waals surface area (Å²) in [5, 5.41) is 0. The topological polar surface area (TPSA) is 70.2 Å². The average molecular weight is 373 g/mol. The van der Waals surface area contributed by atoms with Crippen molar-refractivity contribution in [1.29, 1.82) is 0 Å². The summed E-state index contributed by atoms with van der Waals surface area (Å²) in [5.41, 5.74) is 2.35. The van der Waals surface area contributed by atoms with Crippen LogP contribution in [0.3, 0.4) is 0 Å². The number of nitrogens with zero attached hydrogens (tertiary/aromatic N) is 3.